The van der Waals surface area contributed by atoms with Crippen LogP contribution in [0.15, 0.2) is 77.8 Å². The van der Waals surface area contributed by atoms with Crippen LogP contribution in [0.3, 0.4) is 0 Å². The second kappa shape index (κ2) is 8.29. The molecule has 3 aromatic carbocycles. The van der Waals surface area contributed by atoms with E-state index in [-0.39, 0.29) is 12.3 Å². The lowest BCUT2D eigenvalue weighted by Gasteiger charge is -2.14. The maximum absolute atomic E-state index is 13.6. The highest BCUT2D eigenvalue weighted by Crippen LogP contribution is 2.36. The molecule has 0 fully saturated rings. The van der Waals surface area contributed by atoms with Crippen LogP contribution in [0.25, 0.3) is 0 Å². The van der Waals surface area contributed by atoms with E-state index in [0.29, 0.717) is 29.1 Å². The molecule has 1 aliphatic heterocycles. The van der Waals surface area contributed by atoms with Gasteiger partial charge in [-0.05, 0) is 47.4 Å². The Labute approximate surface area is 172 Å². The van der Waals surface area contributed by atoms with Crippen LogP contribution < -0.4 is 5.32 Å². The number of para-hydroxylation sites is 1. The molecule has 1 aliphatic rings. The standard InChI is InChI=1S/C24H19FN2O3/c25-17-11-12-19-20(14-17)27-24(30)22(19)23(26-18-4-2-1-3-5-18)16-9-6-15(7-10-16)8-13-21(28)29/h1-7,9-12,14,22H,8,13H2,(H,27,30)(H,28,29). The van der Waals surface area contributed by atoms with Gasteiger partial charge in [0.2, 0.25) is 5.91 Å². The van der Waals surface area contributed by atoms with Gasteiger partial charge in [0.05, 0.1) is 11.4 Å². The second-order valence-electron chi connectivity index (χ2n) is 7.08. The molecule has 1 unspecified atom stereocenters. The van der Waals surface area contributed by atoms with Crippen LogP contribution >= 0.6 is 0 Å². The molecule has 0 aliphatic carbocycles. The number of nitrogens with one attached hydrogen (secondary N) is 1. The highest BCUT2D eigenvalue weighted by Gasteiger charge is 2.35. The number of hydrogen-bond donors (Lipinski definition) is 2. The number of aryl methyl sites for hydroxylation is 1. The van der Waals surface area contributed by atoms with E-state index in [1.807, 2.05) is 54.6 Å². The van der Waals surface area contributed by atoms with Crippen molar-refractivity contribution >= 4 is 29.0 Å². The van der Waals surface area contributed by atoms with E-state index >= 15 is 0 Å². The third-order valence-corrected chi connectivity index (χ3v) is 5.00. The fourth-order valence-electron chi connectivity index (χ4n) is 3.54. The lowest BCUT2D eigenvalue weighted by atomic mass is 9.90. The number of rotatable bonds is 6. The number of nitrogens with zero attached hydrogens (tertiary/aromatic N) is 1. The van der Waals surface area contributed by atoms with Crippen molar-refractivity contribution in [1.29, 1.82) is 0 Å². The van der Waals surface area contributed by atoms with Gasteiger partial charge in [-0.1, -0.05) is 48.5 Å². The Morgan fingerprint density at radius 3 is 2.47 bits per heavy atom. The van der Waals surface area contributed by atoms with Gasteiger partial charge in [-0.2, -0.15) is 0 Å². The van der Waals surface area contributed by atoms with Crippen molar-refractivity contribution in [3.63, 3.8) is 0 Å². The molecule has 6 heteroatoms. The number of hydrogen-bond acceptors (Lipinski definition) is 3. The number of halogens is 1. The maximum atomic E-state index is 13.6. The Kier molecular flexibility index (Phi) is 5.39. The molecule has 1 atom stereocenters. The van der Waals surface area contributed by atoms with Crippen molar-refractivity contribution < 1.29 is 19.1 Å². The summed E-state index contributed by atoms with van der Waals surface area (Å²) in [4.78, 5) is 28.4. The molecule has 0 aromatic heterocycles. The summed E-state index contributed by atoms with van der Waals surface area (Å²) in [7, 11) is 0. The molecular formula is C24H19FN2O3. The van der Waals surface area contributed by atoms with Crippen molar-refractivity contribution in [2.24, 2.45) is 4.99 Å². The molecule has 3 aromatic rings. The van der Waals surface area contributed by atoms with E-state index in [4.69, 9.17) is 10.1 Å². The van der Waals surface area contributed by atoms with Crippen molar-refractivity contribution in [3.8, 4) is 0 Å². The summed E-state index contributed by atoms with van der Waals surface area (Å²) in [5.74, 6) is -2.21. The molecule has 5 nitrogen and oxygen atoms in total. The van der Waals surface area contributed by atoms with E-state index in [0.717, 1.165) is 11.1 Å². The van der Waals surface area contributed by atoms with Gasteiger partial charge < -0.3 is 10.4 Å². The van der Waals surface area contributed by atoms with Gasteiger partial charge in [-0.15, -0.1) is 0 Å². The molecule has 1 heterocycles. The Balaban J connectivity index is 1.76. The summed E-state index contributed by atoms with van der Waals surface area (Å²) in [5.41, 5.74) is 4.00. The molecule has 150 valence electrons. The minimum absolute atomic E-state index is 0.0499. The van der Waals surface area contributed by atoms with E-state index in [1.54, 1.807) is 6.07 Å². The SMILES string of the molecule is O=C(O)CCc1ccc(C(=Nc2ccccc2)C2C(=O)Nc3cc(F)ccc32)cc1. The Morgan fingerprint density at radius 2 is 1.77 bits per heavy atom. The number of carbonyl (C=O) groups is 2. The second-order valence-corrected chi connectivity index (χ2v) is 7.08. The molecule has 0 spiro atoms. The number of carboxylic acids is 1. The van der Waals surface area contributed by atoms with E-state index in [1.165, 1.54) is 12.1 Å². The van der Waals surface area contributed by atoms with Gasteiger partial charge >= 0.3 is 5.97 Å². The topological polar surface area (TPSA) is 78.8 Å². The molecular weight excluding hydrogens is 383 g/mol. The largest absolute Gasteiger partial charge is 0.481 e. The Morgan fingerprint density at radius 1 is 1.03 bits per heavy atom. The first-order chi connectivity index (χ1) is 14.5. The zero-order valence-electron chi connectivity index (χ0n) is 16.0. The number of amides is 1. The van der Waals surface area contributed by atoms with E-state index in [9.17, 15) is 14.0 Å². The summed E-state index contributed by atoms with van der Waals surface area (Å²) in [6, 6.07) is 20.9. The third-order valence-electron chi connectivity index (χ3n) is 5.00. The molecule has 0 radical (unpaired) electrons. The summed E-state index contributed by atoms with van der Waals surface area (Å²) in [6.07, 6.45) is 0.473. The van der Waals surface area contributed by atoms with Crippen LogP contribution in [-0.4, -0.2) is 22.7 Å². The quantitative estimate of drug-likeness (QED) is 0.587. The van der Waals surface area contributed by atoms with Crippen LogP contribution in [0.5, 0.6) is 0 Å². The number of benzene rings is 3. The van der Waals surface area contributed by atoms with Crippen LogP contribution in [0.1, 0.15) is 29.0 Å². The fraction of sp³-hybridized carbons (Fsp3) is 0.125. The molecule has 30 heavy (non-hydrogen) atoms. The lowest BCUT2D eigenvalue weighted by molar-refractivity contribution is -0.137. The first kappa shape index (κ1) is 19.5. The minimum atomic E-state index is -0.850. The van der Waals surface area contributed by atoms with Gasteiger partial charge in [0.15, 0.2) is 0 Å². The lowest BCUT2D eigenvalue weighted by Crippen LogP contribution is -2.22. The monoisotopic (exact) mass is 402 g/mol. The summed E-state index contributed by atoms with van der Waals surface area (Å²) in [5, 5.41) is 11.6. The minimum Gasteiger partial charge on any atom is -0.481 e. The Bertz CT molecular complexity index is 1120. The molecule has 2 N–H and O–H groups in total. The third kappa shape index (κ3) is 4.12. The number of carbonyl (C=O) groups excluding carboxylic acids is 1. The molecule has 0 saturated carbocycles. The van der Waals surface area contributed by atoms with Gasteiger partial charge in [0.25, 0.3) is 0 Å². The number of anilines is 1. The van der Waals surface area contributed by atoms with Crippen molar-refractivity contribution in [1.82, 2.24) is 0 Å². The Hall–Kier alpha value is -3.80. The van der Waals surface area contributed by atoms with E-state index < -0.39 is 17.7 Å². The summed E-state index contributed by atoms with van der Waals surface area (Å²) < 4.78 is 13.6. The summed E-state index contributed by atoms with van der Waals surface area (Å²) in [6.45, 7) is 0. The van der Waals surface area contributed by atoms with Crippen molar-refractivity contribution in [3.05, 3.63) is 95.3 Å². The van der Waals surface area contributed by atoms with Crippen LogP contribution in [0.4, 0.5) is 15.8 Å². The average Bonchev–Trinajstić information content (AvgIpc) is 3.06. The smallest absolute Gasteiger partial charge is 0.303 e. The highest BCUT2D eigenvalue weighted by molar-refractivity contribution is 6.24. The zero-order valence-corrected chi connectivity index (χ0v) is 16.0. The first-order valence-corrected chi connectivity index (χ1v) is 9.56. The number of aliphatic imine (C=N–C) groups is 1. The number of carboxylic acid groups (broad SMARTS) is 1. The average molecular weight is 402 g/mol. The predicted octanol–water partition coefficient (Wildman–Crippen LogP) is 4.70. The molecule has 4 rings (SSSR count). The first-order valence-electron chi connectivity index (χ1n) is 9.56. The molecule has 1 amide bonds. The summed E-state index contributed by atoms with van der Waals surface area (Å²) >= 11 is 0. The van der Waals surface area contributed by atoms with Crippen molar-refractivity contribution in [2.45, 2.75) is 18.8 Å². The normalized spacial score (nSPS) is 15.6. The van der Waals surface area contributed by atoms with Crippen LogP contribution in [-0.2, 0) is 16.0 Å². The highest BCUT2D eigenvalue weighted by atomic mass is 19.1. The van der Waals surface area contributed by atoms with Gasteiger partial charge in [-0.25, -0.2) is 4.39 Å². The van der Waals surface area contributed by atoms with Gasteiger partial charge in [-0.3, -0.25) is 14.6 Å². The van der Waals surface area contributed by atoms with Gasteiger partial charge in [0, 0.05) is 12.1 Å². The maximum Gasteiger partial charge on any atom is 0.303 e. The zero-order chi connectivity index (χ0) is 21.1. The number of fused-ring (bicyclic) bond motifs is 1. The molecule has 0 bridgehead atoms. The predicted molar refractivity (Wildman–Crippen MR) is 113 cm³/mol. The van der Waals surface area contributed by atoms with Crippen LogP contribution in [0, 0.1) is 5.82 Å². The van der Waals surface area contributed by atoms with E-state index in [2.05, 4.69) is 5.32 Å². The van der Waals surface area contributed by atoms with Crippen LogP contribution in [0.2, 0.25) is 0 Å². The van der Waals surface area contributed by atoms with Gasteiger partial charge in [0.1, 0.15) is 11.7 Å². The van der Waals surface area contributed by atoms with Crippen molar-refractivity contribution in [2.75, 3.05) is 5.32 Å². The number of aliphatic carboxylic acids is 1. The molecule has 0 saturated heterocycles. The fourth-order valence-corrected chi connectivity index (χ4v) is 3.54.